The Morgan fingerprint density at radius 2 is 2.03 bits per heavy atom. The van der Waals surface area contributed by atoms with Crippen molar-refractivity contribution in [2.75, 3.05) is 11.9 Å². The number of aliphatic hydroxyl groups is 1. The van der Waals surface area contributed by atoms with Gasteiger partial charge in [-0.25, -0.2) is 4.98 Å². The summed E-state index contributed by atoms with van der Waals surface area (Å²) in [5, 5.41) is 21.7. The van der Waals surface area contributed by atoms with Crippen molar-refractivity contribution in [3.05, 3.63) is 53.1 Å². The zero-order chi connectivity index (χ0) is 25.4. The predicted molar refractivity (Wildman–Crippen MR) is 133 cm³/mol. The number of aliphatic hydroxyl groups excluding tert-OH is 1. The number of rotatable bonds is 6. The second-order valence-electron chi connectivity index (χ2n) is 10.1. The molecule has 0 saturated carbocycles. The SMILES string of the molecule is CC(C)C[C@H](O)C(=O)N1CCc2cnc(C(=O)Nc3cccc(-c4nnc5n4[C@@H](C)CC5)n3)cc2C1. The van der Waals surface area contributed by atoms with E-state index in [-0.39, 0.29) is 23.4 Å². The second-order valence-corrected chi connectivity index (χ2v) is 10.1. The molecule has 0 aromatic carbocycles. The number of anilines is 1. The van der Waals surface area contributed by atoms with Gasteiger partial charge in [-0.05, 0) is 61.4 Å². The molecular weight excluding hydrogens is 458 g/mol. The molecule has 0 unspecified atom stereocenters. The monoisotopic (exact) mass is 489 g/mol. The maximum atomic E-state index is 13.0. The average molecular weight is 490 g/mol. The summed E-state index contributed by atoms with van der Waals surface area (Å²) >= 11 is 0. The summed E-state index contributed by atoms with van der Waals surface area (Å²) in [7, 11) is 0. The number of carbonyl (C=O) groups is 2. The van der Waals surface area contributed by atoms with E-state index >= 15 is 0 Å². The molecule has 3 aromatic rings. The highest BCUT2D eigenvalue weighted by atomic mass is 16.3. The Hall–Kier alpha value is -3.66. The van der Waals surface area contributed by atoms with Gasteiger partial charge in [-0.15, -0.1) is 10.2 Å². The van der Waals surface area contributed by atoms with Crippen molar-refractivity contribution in [2.45, 2.75) is 65.1 Å². The van der Waals surface area contributed by atoms with E-state index in [2.05, 4.69) is 37.0 Å². The van der Waals surface area contributed by atoms with E-state index in [0.717, 1.165) is 29.8 Å². The fourth-order valence-corrected chi connectivity index (χ4v) is 4.92. The molecule has 5 heterocycles. The van der Waals surface area contributed by atoms with Crippen molar-refractivity contribution >= 4 is 17.6 Å². The molecule has 2 N–H and O–H groups in total. The maximum Gasteiger partial charge on any atom is 0.275 e. The van der Waals surface area contributed by atoms with E-state index in [0.29, 0.717) is 49.3 Å². The second kappa shape index (κ2) is 9.77. The molecule has 5 rings (SSSR count). The molecule has 2 aliphatic rings. The molecule has 2 aliphatic heterocycles. The van der Waals surface area contributed by atoms with Crippen molar-refractivity contribution in [1.82, 2.24) is 29.6 Å². The van der Waals surface area contributed by atoms with E-state index in [1.807, 2.05) is 26.0 Å². The molecule has 2 atom stereocenters. The molecule has 0 radical (unpaired) electrons. The smallest absolute Gasteiger partial charge is 0.275 e. The lowest BCUT2D eigenvalue weighted by Gasteiger charge is -2.30. The first-order chi connectivity index (χ1) is 17.3. The van der Waals surface area contributed by atoms with Crippen LogP contribution in [0.15, 0.2) is 30.5 Å². The van der Waals surface area contributed by atoms with Crippen LogP contribution in [0, 0.1) is 5.92 Å². The number of fused-ring (bicyclic) bond motifs is 2. The van der Waals surface area contributed by atoms with E-state index in [1.165, 1.54) is 0 Å². The summed E-state index contributed by atoms with van der Waals surface area (Å²) in [6, 6.07) is 7.43. The van der Waals surface area contributed by atoms with Gasteiger partial charge < -0.3 is 19.9 Å². The quantitative estimate of drug-likeness (QED) is 0.545. The standard InChI is InChI=1S/C26H31N7O3/c1-15(2)11-21(34)26(36)32-10-9-17-13-27-20(12-18(17)14-32)25(35)29-22-6-4-5-19(28-22)24-31-30-23-8-7-16(3)33(23)24/h4-6,12-13,15-16,21,34H,7-11,14H2,1-3H3,(H,28,29,35)/t16-,21-/m0/s1. The average Bonchev–Trinajstić information content (AvgIpc) is 3.45. The third-order valence-corrected chi connectivity index (χ3v) is 6.83. The molecular formula is C26H31N7O3. The number of aromatic nitrogens is 5. The molecule has 36 heavy (non-hydrogen) atoms. The minimum absolute atomic E-state index is 0.224. The normalized spacial score (nSPS) is 17.6. The van der Waals surface area contributed by atoms with Gasteiger partial charge in [0.2, 0.25) is 0 Å². The third kappa shape index (κ3) is 4.73. The summed E-state index contributed by atoms with van der Waals surface area (Å²) in [5.74, 6) is 1.62. The molecule has 0 bridgehead atoms. The van der Waals surface area contributed by atoms with Crippen molar-refractivity contribution in [3.8, 4) is 11.5 Å². The molecule has 0 aliphatic carbocycles. The molecule has 188 valence electrons. The largest absolute Gasteiger partial charge is 0.383 e. The Labute approximate surface area is 209 Å². The number of nitrogens with one attached hydrogen (secondary N) is 1. The van der Waals surface area contributed by atoms with Crippen LogP contribution < -0.4 is 5.32 Å². The highest BCUT2D eigenvalue weighted by Crippen LogP contribution is 2.30. The van der Waals surface area contributed by atoms with Crippen molar-refractivity contribution in [3.63, 3.8) is 0 Å². The van der Waals surface area contributed by atoms with Crippen LogP contribution >= 0.6 is 0 Å². The number of nitrogens with zero attached hydrogens (tertiary/aromatic N) is 6. The number of aryl methyl sites for hydroxylation is 1. The molecule has 0 fully saturated rings. The molecule has 10 heteroatoms. The zero-order valence-corrected chi connectivity index (χ0v) is 20.8. The first-order valence-electron chi connectivity index (χ1n) is 12.5. The van der Waals surface area contributed by atoms with Crippen LogP contribution in [0.1, 0.15) is 67.1 Å². The zero-order valence-electron chi connectivity index (χ0n) is 20.8. The van der Waals surface area contributed by atoms with Crippen LogP contribution in [-0.4, -0.2) is 59.2 Å². The minimum Gasteiger partial charge on any atom is -0.383 e. The van der Waals surface area contributed by atoms with Crippen LogP contribution in [0.25, 0.3) is 11.5 Å². The fraction of sp³-hybridized carbons (Fsp3) is 0.462. The molecule has 0 saturated heterocycles. The van der Waals surface area contributed by atoms with E-state index in [4.69, 9.17) is 0 Å². The summed E-state index contributed by atoms with van der Waals surface area (Å²) in [6.45, 7) is 6.95. The predicted octanol–water partition coefficient (Wildman–Crippen LogP) is 2.79. The lowest BCUT2D eigenvalue weighted by atomic mass is 9.99. The summed E-state index contributed by atoms with van der Waals surface area (Å²) in [6.07, 6.45) is 3.67. The van der Waals surface area contributed by atoms with Crippen LogP contribution in [0.2, 0.25) is 0 Å². The summed E-state index contributed by atoms with van der Waals surface area (Å²) < 4.78 is 2.10. The molecule has 0 spiro atoms. The van der Waals surface area contributed by atoms with Gasteiger partial charge in [0.25, 0.3) is 11.8 Å². The van der Waals surface area contributed by atoms with Gasteiger partial charge >= 0.3 is 0 Å². The summed E-state index contributed by atoms with van der Waals surface area (Å²) in [5.41, 5.74) is 2.76. The maximum absolute atomic E-state index is 13.0. The lowest BCUT2D eigenvalue weighted by Crippen LogP contribution is -2.42. The highest BCUT2D eigenvalue weighted by molar-refractivity contribution is 6.02. The Balaban J connectivity index is 1.30. The van der Waals surface area contributed by atoms with Gasteiger partial charge in [0.15, 0.2) is 5.82 Å². The molecule has 10 nitrogen and oxygen atoms in total. The number of pyridine rings is 2. The fourth-order valence-electron chi connectivity index (χ4n) is 4.92. The van der Waals surface area contributed by atoms with Crippen molar-refractivity contribution in [1.29, 1.82) is 0 Å². The molecule has 3 aromatic heterocycles. The van der Waals surface area contributed by atoms with Crippen LogP contribution in [-0.2, 0) is 24.2 Å². The van der Waals surface area contributed by atoms with E-state index < -0.39 is 6.10 Å². The van der Waals surface area contributed by atoms with Crippen LogP contribution in [0.3, 0.4) is 0 Å². The molecule has 2 amide bonds. The number of amides is 2. The number of carbonyl (C=O) groups excluding carboxylic acids is 2. The first kappa shape index (κ1) is 24.1. The Morgan fingerprint density at radius 3 is 2.83 bits per heavy atom. The summed E-state index contributed by atoms with van der Waals surface area (Å²) in [4.78, 5) is 36.3. The number of hydrogen-bond acceptors (Lipinski definition) is 7. The highest BCUT2D eigenvalue weighted by Gasteiger charge is 2.28. The van der Waals surface area contributed by atoms with E-state index in [1.54, 1.807) is 23.2 Å². The van der Waals surface area contributed by atoms with Crippen LogP contribution in [0.4, 0.5) is 5.82 Å². The van der Waals surface area contributed by atoms with Crippen LogP contribution in [0.5, 0.6) is 0 Å². The van der Waals surface area contributed by atoms with Crippen molar-refractivity contribution in [2.24, 2.45) is 5.92 Å². The minimum atomic E-state index is -1.01. The Morgan fingerprint density at radius 1 is 1.19 bits per heavy atom. The third-order valence-electron chi connectivity index (χ3n) is 6.83. The first-order valence-corrected chi connectivity index (χ1v) is 12.5. The van der Waals surface area contributed by atoms with Gasteiger partial charge in [0, 0.05) is 31.7 Å². The number of hydrogen-bond donors (Lipinski definition) is 2. The van der Waals surface area contributed by atoms with Gasteiger partial charge in [0.1, 0.15) is 29.1 Å². The van der Waals surface area contributed by atoms with Gasteiger partial charge in [0.05, 0.1) is 0 Å². The van der Waals surface area contributed by atoms with E-state index in [9.17, 15) is 14.7 Å². The van der Waals surface area contributed by atoms with Gasteiger partial charge in [-0.1, -0.05) is 19.9 Å². The topological polar surface area (TPSA) is 126 Å². The Bertz CT molecular complexity index is 1300. The lowest BCUT2D eigenvalue weighted by molar-refractivity contribution is -0.141. The Kier molecular flexibility index (Phi) is 6.53. The van der Waals surface area contributed by atoms with Gasteiger partial charge in [-0.2, -0.15) is 0 Å². The van der Waals surface area contributed by atoms with Crippen molar-refractivity contribution < 1.29 is 14.7 Å². The van der Waals surface area contributed by atoms with Gasteiger partial charge in [-0.3, -0.25) is 14.6 Å².